The Balaban J connectivity index is 2.41. The number of benzene rings is 2. The maximum Gasteiger partial charge on any atom is 0.335 e. The molecule has 0 heterocycles. The molecule has 0 aliphatic heterocycles. The van der Waals surface area contributed by atoms with E-state index in [2.05, 4.69) is 12.6 Å². The lowest BCUT2D eigenvalue weighted by Crippen LogP contribution is -2.04. The minimum absolute atomic E-state index is 0.470. The van der Waals surface area contributed by atoms with Gasteiger partial charge in [0.2, 0.25) is 0 Å². The summed E-state index contributed by atoms with van der Waals surface area (Å²) in [5, 5.41) is 8.77. The molecule has 0 fully saturated rings. The van der Waals surface area contributed by atoms with E-state index in [9.17, 15) is 4.79 Å². The quantitative estimate of drug-likeness (QED) is 0.476. The zero-order valence-electron chi connectivity index (χ0n) is 10.2. The first-order chi connectivity index (χ1) is 9.24. The van der Waals surface area contributed by atoms with Gasteiger partial charge in [-0.25, -0.2) is 4.79 Å². The summed E-state index contributed by atoms with van der Waals surface area (Å²) < 4.78 is 5.18. The van der Waals surface area contributed by atoms with Crippen molar-refractivity contribution in [3.05, 3.63) is 66.7 Å². The monoisotopic (exact) mass is 249 g/mol. The Bertz CT molecular complexity index is 651. The minimum Gasteiger partial charge on any atom is -0.423 e. The third-order valence-corrected chi connectivity index (χ3v) is 2.59. The molecule has 0 aliphatic rings. The number of nitrogens with zero attached hydrogens (tertiary/aromatic N) is 1. The van der Waals surface area contributed by atoms with Gasteiger partial charge in [0.15, 0.2) is 0 Å². The number of rotatable bonds is 3. The Kier molecular flexibility index (Phi) is 3.75. The number of para-hydroxylation sites is 1. The molecule has 0 saturated heterocycles. The zero-order chi connectivity index (χ0) is 13.7. The van der Waals surface area contributed by atoms with Crippen LogP contribution in [0.25, 0.3) is 11.1 Å². The van der Waals surface area contributed by atoms with Crippen LogP contribution in [0.5, 0.6) is 5.75 Å². The highest BCUT2D eigenvalue weighted by atomic mass is 16.5. The minimum atomic E-state index is -0.499. The number of esters is 1. The van der Waals surface area contributed by atoms with Gasteiger partial charge in [0.25, 0.3) is 0 Å². The van der Waals surface area contributed by atoms with Gasteiger partial charge in [-0.05, 0) is 23.8 Å². The van der Waals surface area contributed by atoms with E-state index < -0.39 is 5.97 Å². The molecule has 92 valence electrons. The summed E-state index contributed by atoms with van der Waals surface area (Å²) in [6.45, 7) is 3.37. The second-order valence-electron chi connectivity index (χ2n) is 3.81. The first-order valence-electron chi connectivity index (χ1n) is 5.68. The second-order valence-corrected chi connectivity index (χ2v) is 3.81. The van der Waals surface area contributed by atoms with Crippen LogP contribution in [0.2, 0.25) is 0 Å². The van der Waals surface area contributed by atoms with Gasteiger partial charge < -0.3 is 4.74 Å². The molecule has 0 aliphatic carbocycles. The number of hydrogen-bond donors (Lipinski definition) is 0. The summed E-state index contributed by atoms with van der Waals surface area (Å²) in [5.41, 5.74) is 2.26. The topological polar surface area (TPSA) is 50.1 Å². The Labute approximate surface area is 111 Å². The van der Waals surface area contributed by atoms with Gasteiger partial charge in [-0.15, -0.1) is 0 Å². The van der Waals surface area contributed by atoms with Crippen molar-refractivity contribution in [3.63, 3.8) is 0 Å². The lowest BCUT2D eigenvalue weighted by atomic mass is 10.0. The maximum atomic E-state index is 11.3. The summed E-state index contributed by atoms with van der Waals surface area (Å²) in [4.78, 5) is 11.3. The lowest BCUT2D eigenvalue weighted by molar-refractivity contribution is -0.128. The van der Waals surface area contributed by atoms with Crippen molar-refractivity contribution >= 4 is 5.97 Å². The van der Waals surface area contributed by atoms with Crippen LogP contribution in [-0.2, 0) is 4.79 Å². The standard InChI is InChI=1S/C16H11NO2/c1-2-16(18)19-15-6-4-3-5-14(15)13-9-7-12(11-17)8-10-13/h2-10H,1H2. The average molecular weight is 249 g/mol. The number of nitriles is 1. The summed E-state index contributed by atoms with van der Waals surface area (Å²) in [5.74, 6) is -0.0294. The van der Waals surface area contributed by atoms with Crippen LogP contribution in [0.4, 0.5) is 0 Å². The van der Waals surface area contributed by atoms with Crippen LogP contribution in [0, 0.1) is 11.3 Å². The normalized spacial score (nSPS) is 9.42. The fourth-order valence-corrected chi connectivity index (χ4v) is 1.67. The van der Waals surface area contributed by atoms with Gasteiger partial charge in [0.05, 0.1) is 11.6 Å². The van der Waals surface area contributed by atoms with E-state index in [0.29, 0.717) is 11.3 Å². The van der Waals surface area contributed by atoms with E-state index in [0.717, 1.165) is 17.2 Å². The summed E-state index contributed by atoms with van der Waals surface area (Å²) in [7, 11) is 0. The molecular formula is C16H11NO2. The molecule has 0 spiro atoms. The molecule has 0 atom stereocenters. The average Bonchev–Trinajstić information content (AvgIpc) is 2.48. The van der Waals surface area contributed by atoms with E-state index in [1.807, 2.05) is 24.3 Å². The number of hydrogen-bond acceptors (Lipinski definition) is 3. The molecule has 2 rings (SSSR count). The van der Waals surface area contributed by atoms with E-state index in [4.69, 9.17) is 10.00 Å². The highest BCUT2D eigenvalue weighted by Gasteiger charge is 2.08. The summed E-state index contributed by atoms with van der Waals surface area (Å²) in [6.07, 6.45) is 1.12. The molecule has 0 aromatic heterocycles. The van der Waals surface area contributed by atoms with Crippen LogP contribution >= 0.6 is 0 Å². The third kappa shape index (κ3) is 2.88. The zero-order valence-corrected chi connectivity index (χ0v) is 10.2. The Morgan fingerprint density at radius 2 is 1.84 bits per heavy atom. The fourth-order valence-electron chi connectivity index (χ4n) is 1.67. The SMILES string of the molecule is C=CC(=O)Oc1ccccc1-c1ccc(C#N)cc1. The van der Waals surface area contributed by atoms with Gasteiger partial charge in [0.1, 0.15) is 5.75 Å². The van der Waals surface area contributed by atoms with E-state index in [1.54, 1.807) is 24.3 Å². The lowest BCUT2D eigenvalue weighted by Gasteiger charge is -2.08. The van der Waals surface area contributed by atoms with Crippen LogP contribution in [0.1, 0.15) is 5.56 Å². The first kappa shape index (κ1) is 12.6. The molecule has 2 aromatic carbocycles. The van der Waals surface area contributed by atoms with Crippen molar-refractivity contribution in [1.82, 2.24) is 0 Å². The van der Waals surface area contributed by atoms with Gasteiger partial charge >= 0.3 is 5.97 Å². The number of ether oxygens (including phenoxy) is 1. The summed E-state index contributed by atoms with van der Waals surface area (Å²) in [6, 6.07) is 16.4. The smallest absolute Gasteiger partial charge is 0.335 e. The first-order valence-corrected chi connectivity index (χ1v) is 5.68. The molecule has 0 radical (unpaired) electrons. The molecule has 19 heavy (non-hydrogen) atoms. The van der Waals surface area contributed by atoms with Crippen LogP contribution < -0.4 is 4.74 Å². The molecule has 0 bridgehead atoms. The van der Waals surface area contributed by atoms with Gasteiger partial charge in [-0.3, -0.25) is 0 Å². The largest absolute Gasteiger partial charge is 0.423 e. The van der Waals surface area contributed by atoms with Crippen LogP contribution in [0.15, 0.2) is 61.2 Å². The van der Waals surface area contributed by atoms with Crippen molar-refractivity contribution in [3.8, 4) is 22.9 Å². The highest BCUT2D eigenvalue weighted by Crippen LogP contribution is 2.30. The Hall–Kier alpha value is -2.86. The maximum absolute atomic E-state index is 11.3. The van der Waals surface area contributed by atoms with Crippen molar-refractivity contribution in [2.24, 2.45) is 0 Å². The van der Waals surface area contributed by atoms with Crippen LogP contribution in [-0.4, -0.2) is 5.97 Å². The third-order valence-electron chi connectivity index (χ3n) is 2.59. The van der Waals surface area contributed by atoms with E-state index in [1.165, 1.54) is 0 Å². The number of carbonyl (C=O) groups excluding carboxylic acids is 1. The van der Waals surface area contributed by atoms with Crippen molar-refractivity contribution in [2.75, 3.05) is 0 Å². The molecular weight excluding hydrogens is 238 g/mol. The van der Waals surface area contributed by atoms with E-state index in [-0.39, 0.29) is 0 Å². The van der Waals surface area contributed by atoms with Gasteiger partial charge in [-0.1, -0.05) is 36.9 Å². The number of carbonyl (C=O) groups is 1. The highest BCUT2D eigenvalue weighted by molar-refractivity contribution is 5.85. The van der Waals surface area contributed by atoms with Gasteiger partial charge in [0, 0.05) is 11.6 Å². The van der Waals surface area contributed by atoms with Crippen molar-refractivity contribution in [1.29, 1.82) is 5.26 Å². The fraction of sp³-hybridized carbons (Fsp3) is 0. The molecule has 0 amide bonds. The molecule has 3 nitrogen and oxygen atoms in total. The molecule has 2 aromatic rings. The summed E-state index contributed by atoms with van der Waals surface area (Å²) >= 11 is 0. The van der Waals surface area contributed by atoms with Crippen LogP contribution in [0.3, 0.4) is 0 Å². The Morgan fingerprint density at radius 3 is 2.47 bits per heavy atom. The van der Waals surface area contributed by atoms with Crippen molar-refractivity contribution < 1.29 is 9.53 Å². The molecule has 0 N–H and O–H groups in total. The molecule has 3 heteroatoms. The Morgan fingerprint density at radius 1 is 1.16 bits per heavy atom. The molecule has 0 unspecified atom stereocenters. The molecule has 0 saturated carbocycles. The predicted octanol–water partition coefficient (Wildman–Crippen LogP) is 3.32. The second kappa shape index (κ2) is 5.65. The van der Waals surface area contributed by atoms with Gasteiger partial charge in [-0.2, -0.15) is 5.26 Å². The predicted molar refractivity (Wildman–Crippen MR) is 72.4 cm³/mol. The van der Waals surface area contributed by atoms with Crippen molar-refractivity contribution in [2.45, 2.75) is 0 Å². The van der Waals surface area contributed by atoms with E-state index >= 15 is 0 Å².